The molecule has 3 saturated carbocycles. The molecule has 4 heteroatoms. The van der Waals surface area contributed by atoms with Crippen LogP contribution in [0.25, 0.3) is 0 Å². The molecule has 0 aromatic carbocycles. The van der Waals surface area contributed by atoms with Crippen molar-refractivity contribution in [2.75, 3.05) is 7.11 Å². The minimum Gasteiger partial charge on any atom is -0.469 e. The highest BCUT2D eigenvalue weighted by molar-refractivity contribution is 6.01. The molecule has 7 atom stereocenters. The average molecular weight is 344 g/mol. The van der Waals surface area contributed by atoms with E-state index in [9.17, 15) is 14.7 Å². The van der Waals surface area contributed by atoms with Gasteiger partial charge in [-0.15, -0.1) is 0 Å². The molecule has 1 N–H and O–H groups in total. The lowest BCUT2D eigenvalue weighted by Crippen LogP contribution is -2.56. The first-order valence-corrected chi connectivity index (χ1v) is 9.51. The van der Waals surface area contributed by atoms with Gasteiger partial charge in [-0.2, -0.15) is 0 Å². The maximum absolute atomic E-state index is 12.3. The Bertz CT molecular complexity index is 677. The molecule has 7 unspecified atom stereocenters. The molecule has 0 aromatic rings. The van der Waals surface area contributed by atoms with Crippen LogP contribution in [-0.4, -0.2) is 30.1 Å². The van der Waals surface area contributed by atoms with Gasteiger partial charge in [0.2, 0.25) is 0 Å². The predicted molar refractivity (Wildman–Crippen MR) is 93.5 cm³/mol. The van der Waals surface area contributed by atoms with Gasteiger partial charge in [-0.1, -0.05) is 25.5 Å². The number of ketones is 1. The standard InChI is InChI=1S/C21H28O4/c1-20-9-8-13(22)10-12(20)4-5-14-15-6-7-16(19(24)25-3)21(15,2)11-17(23)18(14)20/h8-10,14-18,23H,4-7,11H2,1-3H3. The molecule has 0 aliphatic heterocycles. The molecule has 4 nitrogen and oxygen atoms in total. The molecule has 0 radical (unpaired) electrons. The largest absolute Gasteiger partial charge is 0.469 e. The number of hydrogen-bond donors (Lipinski definition) is 1. The Hall–Kier alpha value is -1.42. The zero-order valence-corrected chi connectivity index (χ0v) is 15.3. The van der Waals surface area contributed by atoms with Crippen LogP contribution in [0.1, 0.15) is 46.0 Å². The summed E-state index contributed by atoms with van der Waals surface area (Å²) in [5, 5.41) is 11.2. The number of aliphatic hydroxyl groups is 1. The van der Waals surface area contributed by atoms with Gasteiger partial charge in [0.15, 0.2) is 5.78 Å². The molecule has 25 heavy (non-hydrogen) atoms. The Balaban J connectivity index is 1.71. The van der Waals surface area contributed by atoms with Gasteiger partial charge in [-0.05, 0) is 61.5 Å². The van der Waals surface area contributed by atoms with Crippen LogP contribution in [0.15, 0.2) is 23.8 Å². The van der Waals surface area contributed by atoms with Gasteiger partial charge in [0, 0.05) is 11.3 Å². The Labute approximate surface area is 149 Å². The summed E-state index contributed by atoms with van der Waals surface area (Å²) >= 11 is 0. The monoisotopic (exact) mass is 344 g/mol. The van der Waals surface area contributed by atoms with Crippen molar-refractivity contribution in [1.29, 1.82) is 0 Å². The van der Waals surface area contributed by atoms with E-state index in [0.717, 1.165) is 25.7 Å². The van der Waals surface area contributed by atoms with Gasteiger partial charge in [0.1, 0.15) is 0 Å². The molecule has 3 fully saturated rings. The van der Waals surface area contributed by atoms with Crippen LogP contribution >= 0.6 is 0 Å². The predicted octanol–water partition coefficient (Wildman–Crippen LogP) is 3.05. The summed E-state index contributed by atoms with van der Waals surface area (Å²) < 4.78 is 5.06. The Kier molecular flexibility index (Phi) is 3.77. The Morgan fingerprint density at radius 3 is 2.76 bits per heavy atom. The highest BCUT2D eigenvalue weighted by atomic mass is 16.5. The fourth-order valence-corrected chi connectivity index (χ4v) is 6.86. The van der Waals surface area contributed by atoms with Crippen LogP contribution < -0.4 is 0 Å². The summed E-state index contributed by atoms with van der Waals surface area (Å²) in [6.45, 7) is 4.36. The van der Waals surface area contributed by atoms with E-state index in [1.54, 1.807) is 12.2 Å². The van der Waals surface area contributed by atoms with Crippen LogP contribution in [0.3, 0.4) is 0 Å². The molecule has 0 amide bonds. The smallest absolute Gasteiger partial charge is 0.309 e. The quantitative estimate of drug-likeness (QED) is 0.743. The maximum atomic E-state index is 12.3. The van der Waals surface area contributed by atoms with E-state index in [1.807, 2.05) is 6.08 Å². The van der Waals surface area contributed by atoms with Crippen LogP contribution in [-0.2, 0) is 14.3 Å². The third-order valence-corrected chi connectivity index (χ3v) is 7.98. The van der Waals surface area contributed by atoms with Gasteiger partial charge in [0.25, 0.3) is 0 Å². The summed E-state index contributed by atoms with van der Waals surface area (Å²) in [7, 11) is 1.46. The van der Waals surface area contributed by atoms with Crippen molar-refractivity contribution in [2.45, 2.75) is 52.1 Å². The lowest BCUT2D eigenvalue weighted by Gasteiger charge is -2.58. The average Bonchev–Trinajstić information content (AvgIpc) is 2.91. The van der Waals surface area contributed by atoms with Crippen molar-refractivity contribution in [3.8, 4) is 0 Å². The number of fused-ring (bicyclic) bond motifs is 5. The van der Waals surface area contributed by atoms with E-state index < -0.39 is 6.10 Å². The van der Waals surface area contributed by atoms with Gasteiger partial charge < -0.3 is 9.84 Å². The lowest BCUT2D eigenvalue weighted by atomic mass is 9.47. The topological polar surface area (TPSA) is 63.6 Å². The molecule has 0 heterocycles. The van der Waals surface area contributed by atoms with Crippen molar-refractivity contribution in [2.24, 2.45) is 34.5 Å². The van der Waals surface area contributed by atoms with Gasteiger partial charge in [0.05, 0.1) is 19.1 Å². The Morgan fingerprint density at radius 2 is 2.04 bits per heavy atom. The Morgan fingerprint density at radius 1 is 1.28 bits per heavy atom. The first kappa shape index (κ1) is 17.0. The molecule has 0 bridgehead atoms. The number of rotatable bonds is 1. The SMILES string of the molecule is COC(=O)C1CCC2C3CCC4=CC(=O)C=CC4(C)C3C(O)CC12C. The third-order valence-electron chi connectivity index (χ3n) is 7.98. The van der Waals surface area contributed by atoms with E-state index >= 15 is 0 Å². The summed E-state index contributed by atoms with van der Waals surface area (Å²) in [5.41, 5.74) is 0.756. The number of hydrogen-bond acceptors (Lipinski definition) is 4. The summed E-state index contributed by atoms with van der Waals surface area (Å²) in [5.74, 6) is 0.796. The number of esters is 1. The molecule has 4 aliphatic rings. The molecule has 0 aromatic heterocycles. The number of carbonyl (C=O) groups excluding carboxylic acids is 2. The van der Waals surface area contributed by atoms with E-state index in [0.29, 0.717) is 18.3 Å². The van der Waals surface area contributed by atoms with E-state index in [4.69, 9.17) is 4.74 Å². The normalized spacial score (nSPS) is 48.2. The minimum atomic E-state index is -0.456. The summed E-state index contributed by atoms with van der Waals surface area (Å²) in [6.07, 6.45) is 9.46. The van der Waals surface area contributed by atoms with E-state index in [-0.39, 0.29) is 34.4 Å². The summed E-state index contributed by atoms with van der Waals surface area (Å²) in [6, 6.07) is 0. The molecule has 0 spiro atoms. The van der Waals surface area contributed by atoms with Crippen LogP contribution in [0.2, 0.25) is 0 Å². The van der Waals surface area contributed by atoms with Gasteiger partial charge in [-0.3, -0.25) is 9.59 Å². The second-order valence-electron chi connectivity index (χ2n) is 8.95. The zero-order valence-electron chi connectivity index (χ0n) is 15.3. The highest BCUT2D eigenvalue weighted by Crippen LogP contribution is 2.66. The molecular formula is C21H28O4. The van der Waals surface area contributed by atoms with E-state index in [1.165, 1.54) is 12.7 Å². The first-order chi connectivity index (χ1) is 11.8. The van der Waals surface area contributed by atoms with Crippen molar-refractivity contribution in [1.82, 2.24) is 0 Å². The minimum absolute atomic E-state index is 0.0627. The summed E-state index contributed by atoms with van der Waals surface area (Å²) in [4.78, 5) is 24.1. The maximum Gasteiger partial charge on any atom is 0.309 e. The van der Waals surface area contributed by atoms with Crippen LogP contribution in [0.4, 0.5) is 0 Å². The second kappa shape index (κ2) is 5.54. The zero-order chi connectivity index (χ0) is 18.0. The van der Waals surface area contributed by atoms with Gasteiger partial charge in [-0.25, -0.2) is 0 Å². The number of aliphatic hydroxyl groups excluding tert-OH is 1. The number of allylic oxidation sites excluding steroid dienone is 4. The second-order valence-corrected chi connectivity index (χ2v) is 8.95. The lowest BCUT2D eigenvalue weighted by molar-refractivity contribution is -0.158. The van der Waals surface area contributed by atoms with Crippen molar-refractivity contribution < 1.29 is 19.4 Å². The highest BCUT2D eigenvalue weighted by Gasteiger charge is 2.62. The van der Waals surface area contributed by atoms with Crippen molar-refractivity contribution >= 4 is 11.8 Å². The van der Waals surface area contributed by atoms with Crippen molar-refractivity contribution in [3.63, 3.8) is 0 Å². The molecule has 0 saturated heterocycles. The molecular weight excluding hydrogens is 316 g/mol. The molecule has 4 aliphatic carbocycles. The number of ether oxygens (including phenoxy) is 1. The van der Waals surface area contributed by atoms with Crippen molar-refractivity contribution in [3.05, 3.63) is 23.8 Å². The van der Waals surface area contributed by atoms with Crippen LogP contribution in [0.5, 0.6) is 0 Å². The fraction of sp³-hybridized carbons (Fsp3) is 0.714. The van der Waals surface area contributed by atoms with E-state index in [2.05, 4.69) is 13.8 Å². The van der Waals surface area contributed by atoms with Gasteiger partial charge >= 0.3 is 5.97 Å². The molecule has 4 rings (SSSR count). The number of carbonyl (C=O) groups is 2. The molecule has 136 valence electrons. The van der Waals surface area contributed by atoms with Crippen LogP contribution in [0, 0.1) is 34.5 Å². The first-order valence-electron chi connectivity index (χ1n) is 9.51. The number of methoxy groups -OCH3 is 1. The fourth-order valence-electron chi connectivity index (χ4n) is 6.86. The third kappa shape index (κ3) is 2.22.